The number of urea groups is 1. The van der Waals surface area contributed by atoms with Crippen LogP contribution in [0.2, 0.25) is 5.02 Å². The molecule has 23 heavy (non-hydrogen) atoms. The Labute approximate surface area is 140 Å². The predicted octanol–water partition coefficient (Wildman–Crippen LogP) is 2.06. The van der Waals surface area contributed by atoms with Gasteiger partial charge >= 0.3 is 6.03 Å². The van der Waals surface area contributed by atoms with Crippen molar-refractivity contribution in [2.45, 2.75) is 32.9 Å². The third kappa shape index (κ3) is 4.76. The molecule has 3 amide bonds. The molecule has 0 aliphatic carbocycles. The quantitative estimate of drug-likeness (QED) is 0.768. The van der Waals surface area contributed by atoms with E-state index < -0.39 is 6.04 Å². The minimum Gasteiger partial charge on any atom is -0.493 e. The molecule has 0 aromatic heterocycles. The minimum atomic E-state index is -0.500. The first kappa shape index (κ1) is 17.4. The molecule has 0 radical (unpaired) electrons. The summed E-state index contributed by atoms with van der Waals surface area (Å²) in [4.78, 5) is 23.8. The lowest BCUT2D eigenvalue weighted by Crippen LogP contribution is -2.56. The lowest BCUT2D eigenvalue weighted by Gasteiger charge is -2.29. The van der Waals surface area contributed by atoms with Gasteiger partial charge in [0.05, 0.1) is 6.61 Å². The Morgan fingerprint density at radius 3 is 2.96 bits per heavy atom. The minimum absolute atomic E-state index is 0.115. The fraction of sp³-hybridized carbons (Fsp3) is 0.500. The van der Waals surface area contributed by atoms with Gasteiger partial charge in [0.25, 0.3) is 0 Å². The van der Waals surface area contributed by atoms with Crippen LogP contribution in [-0.2, 0) is 11.3 Å². The van der Waals surface area contributed by atoms with Crippen LogP contribution in [0.4, 0.5) is 4.79 Å². The van der Waals surface area contributed by atoms with Gasteiger partial charge in [-0.1, -0.05) is 24.6 Å². The normalized spacial score (nSPS) is 20.6. The van der Waals surface area contributed by atoms with Crippen LogP contribution in [0.5, 0.6) is 5.75 Å². The van der Waals surface area contributed by atoms with Gasteiger partial charge in [-0.25, -0.2) is 4.79 Å². The van der Waals surface area contributed by atoms with Gasteiger partial charge in [0.1, 0.15) is 11.8 Å². The first-order chi connectivity index (χ1) is 11.0. The maximum absolute atomic E-state index is 12.0. The number of hydrogen-bond donors (Lipinski definition) is 3. The lowest BCUT2D eigenvalue weighted by atomic mass is 9.94. The third-order valence-electron chi connectivity index (χ3n) is 3.81. The standard InChI is InChI=1S/C16H22ClN3O3/c1-3-23-13-8-12(17)5-4-11(13)9-19-16(22)20-14-10(2)6-7-18-15(14)21/h4-5,8,10,14H,3,6-7,9H2,1-2H3,(H,18,21)(H2,19,20,22)/t10-,14-/m0/s1. The number of rotatable bonds is 5. The fourth-order valence-electron chi connectivity index (χ4n) is 2.50. The molecule has 1 aromatic carbocycles. The molecular weight excluding hydrogens is 318 g/mol. The number of benzene rings is 1. The number of hydrogen-bond acceptors (Lipinski definition) is 3. The van der Waals surface area contributed by atoms with Gasteiger partial charge in [0.2, 0.25) is 5.91 Å². The van der Waals surface area contributed by atoms with E-state index in [0.717, 1.165) is 12.0 Å². The molecule has 1 aliphatic heterocycles. The number of nitrogens with one attached hydrogen (secondary N) is 3. The third-order valence-corrected chi connectivity index (χ3v) is 4.04. The highest BCUT2D eigenvalue weighted by molar-refractivity contribution is 6.30. The van der Waals surface area contributed by atoms with E-state index in [-0.39, 0.29) is 17.9 Å². The van der Waals surface area contributed by atoms with E-state index in [2.05, 4.69) is 16.0 Å². The van der Waals surface area contributed by atoms with Crippen molar-refractivity contribution >= 4 is 23.5 Å². The second kappa shape index (κ2) is 8.06. The van der Waals surface area contributed by atoms with E-state index in [1.165, 1.54) is 0 Å². The highest BCUT2D eigenvalue weighted by Crippen LogP contribution is 2.23. The molecule has 1 aliphatic rings. The van der Waals surface area contributed by atoms with E-state index in [4.69, 9.17) is 16.3 Å². The Hall–Kier alpha value is -1.95. The van der Waals surface area contributed by atoms with E-state index in [9.17, 15) is 9.59 Å². The van der Waals surface area contributed by atoms with Crippen molar-refractivity contribution < 1.29 is 14.3 Å². The Kier molecular flexibility index (Phi) is 6.10. The topological polar surface area (TPSA) is 79.5 Å². The van der Waals surface area contributed by atoms with Gasteiger partial charge in [-0.15, -0.1) is 0 Å². The largest absolute Gasteiger partial charge is 0.493 e. The number of carbonyl (C=O) groups excluding carboxylic acids is 2. The molecule has 7 heteroatoms. The van der Waals surface area contributed by atoms with E-state index >= 15 is 0 Å². The second-order valence-electron chi connectivity index (χ2n) is 5.55. The monoisotopic (exact) mass is 339 g/mol. The zero-order valence-corrected chi connectivity index (χ0v) is 14.1. The van der Waals surface area contributed by atoms with Gasteiger partial charge in [-0.05, 0) is 31.4 Å². The summed E-state index contributed by atoms with van der Waals surface area (Å²) >= 11 is 5.95. The molecule has 1 fully saturated rings. The maximum Gasteiger partial charge on any atom is 0.315 e. The molecule has 0 spiro atoms. The number of carbonyl (C=O) groups is 2. The van der Waals surface area contributed by atoms with E-state index in [1.807, 2.05) is 19.9 Å². The molecular formula is C16H22ClN3O3. The summed E-state index contributed by atoms with van der Waals surface area (Å²) in [6.45, 7) is 5.30. The number of halogens is 1. The summed E-state index contributed by atoms with van der Waals surface area (Å²) in [7, 11) is 0. The Morgan fingerprint density at radius 2 is 2.26 bits per heavy atom. The summed E-state index contributed by atoms with van der Waals surface area (Å²) in [5.41, 5.74) is 0.826. The fourth-order valence-corrected chi connectivity index (χ4v) is 2.66. The summed E-state index contributed by atoms with van der Waals surface area (Å²) in [5, 5.41) is 8.81. The average molecular weight is 340 g/mol. The highest BCUT2D eigenvalue weighted by Gasteiger charge is 2.29. The molecule has 0 saturated carbocycles. The average Bonchev–Trinajstić information content (AvgIpc) is 2.51. The number of piperidine rings is 1. The van der Waals surface area contributed by atoms with Crippen LogP contribution in [0.25, 0.3) is 0 Å². The summed E-state index contributed by atoms with van der Waals surface area (Å²) in [6.07, 6.45) is 0.850. The van der Waals surface area contributed by atoms with Gasteiger partial charge in [0, 0.05) is 23.7 Å². The van der Waals surface area contributed by atoms with Gasteiger partial charge in [-0.3, -0.25) is 4.79 Å². The van der Waals surface area contributed by atoms with Crippen molar-refractivity contribution in [3.8, 4) is 5.75 Å². The lowest BCUT2D eigenvalue weighted by molar-refractivity contribution is -0.125. The smallest absolute Gasteiger partial charge is 0.315 e. The second-order valence-corrected chi connectivity index (χ2v) is 5.98. The van der Waals surface area contributed by atoms with Crippen molar-refractivity contribution in [1.29, 1.82) is 0 Å². The summed E-state index contributed by atoms with van der Waals surface area (Å²) in [5.74, 6) is 0.619. The molecule has 2 rings (SSSR count). The summed E-state index contributed by atoms with van der Waals surface area (Å²) in [6, 6.07) is 4.40. The molecule has 3 N–H and O–H groups in total. The van der Waals surface area contributed by atoms with Crippen molar-refractivity contribution in [1.82, 2.24) is 16.0 Å². The first-order valence-corrected chi connectivity index (χ1v) is 8.12. The zero-order chi connectivity index (χ0) is 16.8. The Balaban J connectivity index is 1.92. The summed E-state index contributed by atoms with van der Waals surface area (Å²) < 4.78 is 5.51. The Bertz CT molecular complexity index is 580. The van der Waals surface area contributed by atoms with E-state index in [1.54, 1.807) is 12.1 Å². The van der Waals surface area contributed by atoms with Crippen LogP contribution in [0, 0.1) is 5.92 Å². The molecule has 2 atom stereocenters. The zero-order valence-electron chi connectivity index (χ0n) is 13.3. The van der Waals surface area contributed by atoms with Crippen molar-refractivity contribution in [3.63, 3.8) is 0 Å². The van der Waals surface area contributed by atoms with Crippen molar-refractivity contribution in [3.05, 3.63) is 28.8 Å². The van der Waals surface area contributed by atoms with E-state index in [0.29, 0.717) is 30.5 Å². The van der Waals surface area contributed by atoms with Gasteiger partial charge < -0.3 is 20.7 Å². The molecule has 1 saturated heterocycles. The van der Waals surface area contributed by atoms with Crippen LogP contribution in [0.15, 0.2) is 18.2 Å². The van der Waals surface area contributed by atoms with Crippen molar-refractivity contribution in [2.75, 3.05) is 13.2 Å². The molecule has 6 nitrogen and oxygen atoms in total. The molecule has 0 bridgehead atoms. The van der Waals surface area contributed by atoms with Gasteiger partial charge in [0.15, 0.2) is 0 Å². The highest BCUT2D eigenvalue weighted by atomic mass is 35.5. The number of amides is 3. The van der Waals surface area contributed by atoms with Crippen LogP contribution in [0.3, 0.4) is 0 Å². The van der Waals surface area contributed by atoms with Crippen LogP contribution in [-0.4, -0.2) is 31.1 Å². The maximum atomic E-state index is 12.0. The SMILES string of the molecule is CCOc1cc(Cl)ccc1CNC(=O)N[C@@H]1C(=O)NCC[C@@H]1C. The molecule has 1 aromatic rings. The van der Waals surface area contributed by atoms with Crippen LogP contribution >= 0.6 is 11.6 Å². The molecule has 0 unspecified atom stereocenters. The predicted molar refractivity (Wildman–Crippen MR) is 88.6 cm³/mol. The first-order valence-electron chi connectivity index (χ1n) is 7.74. The Morgan fingerprint density at radius 1 is 1.48 bits per heavy atom. The molecule has 126 valence electrons. The van der Waals surface area contributed by atoms with Crippen molar-refractivity contribution in [2.24, 2.45) is 5.92 Å². The van der Waals surface area contributed by atoms with Crippen LogP contribution < -0.4 is 20.7 Å². The van der Waals surface area contributed by atoms with Gasteiger partial charge in [-0.2, -0.15) is 0 Å². The van der Waals surface area contributed by atoms with Crippen LogP contribution in [0.1, 0.15) is 25.8 Å². The number of ether oxygens (including phenoxy) is 1. The molecule has 1 heterocycles.